The normalized spacial score (nSPS) is 19.5. The van der Waals surface area contributed by atoms with Crippen LogP contribution in [0.2, 0.25) is 5.02 Å². The average molecular weight is 413 g/mol. The van der Waals surface area contributed by atoms with Crippen molar-refractivity contribution in [1.82, 2.24) is 10.3 Å². The number of fused-ring (bicyclic) bond motifs is 1. The summed E-state index contributed by atoms with van der Waals surface area (Å²) in [7, 11) is 1.37. The van der Waals surface area contributed by atoms with E-state index < -0.39 is 6.61 Å². The Morgan fingerprint density at radius 1 is 1.21 bits per heavy atom. The summed E-state index contributed by atoms with van der Waals surface area (Å²) >= 11 is 5.96. The van der Waals surface area contributed by atoms with Crippen LogP contribution in [0.1, 0.15) is 36.0 Å². The number of benzene rings is 1. The van der Waals surface area contributed by atoms with Gasteiger partial charge in [0, 0.05) is 23.7 Å². The molecule has 1 aliphatic carbocycles. The fraction of sp³-hybridized carbons (Fsp3) is 0.421. The second kappa shape index (κ2) is 8.68. The molecule has 0 bridgehead atoms. The molecule has 0 aliphatic heterocycles. The second-order valence-corrected chi connectivity index (χ2v) is 7.03. The zero-order chi connectivity index (χ0) is 20.3. The zero-order valence-corrected chi connectivity index (χ0v) is 15.8. The van der Waals surface area contributed by atoms with E-state index in [0.29, 0.717) is 42.1 Å². The third kappa shape index (κ3) is 4.67. The Hall–Kier alpha value is -2.48. The molecule has 0 saturated heterocycles. The number of halogens is 3. The molecular formula is C19H19ClF2N2O4. The highest BCUT2D eigenvalue weighted by Gasteiger charge is 2.27. The van der Waals surface area contributed by atoms with Crippen molar-refractivity contribution in [2.75, 3.05) is 7.11 Å². The lowest BCUT2D eigenvalue weighted by Gasteiger charge is -2.27. The summed E-state index contributed by atoms with van der Waals surface area (Å²) in [4.78, 5) is 28.2. The Balaban J connectivity index is 1.68. The lowest BCUT2D eigenvalue weighted by Crippen LogP contribution is -2.38. The van der Waals surface area contributed by atoms with Gasteiger partial charge in [-0.3, -0.25) is 14.6 Å². The van der Waals surface area contributed by atoms with E-state index in [1.807, 2.05) is 0 Å². The maximum atomic E-state index is 12.5. The van der Waals surface area contributed by atoms with Crippen LogP contribution in [0.15, 0.2) is 24.4 Å². The Bertz CT molecular complexity index is 886. The lowest BCUT2D eigenvalue weighted by atomic mass is 9.86. The lowest BCUT2D eigenvalue weighted by molar-refractivity contribution is -0.146. The fourth-order valence-electron chi connectivity index (χ4n) is 3.35. The first-order chi connectivity index (χ1) is 13.4. The van der Waals surface area contributed by atoms with E-state index in [1.165, 1.54) is 25.4 Å². The topological polar surface area (TPSA) is 77.5 Å². The molecular weight excluding hydrogens is 394 g/mol. The molecule has 0 radical (unpaired) electrons. The van der Waals surface area contributed by atoms with Crippen molar-refractivity contribution in [3.8, 4) is 5.75 Å². The van der Waals surface area contributed by atoms with E-state index in [9.17, 15) is 18.4 Å². The summed E-state index contributed by atoms with van der Waals surface area (Å²) in [6.07, 6.45) is 4.07. The van der Waals surface area contributed by atoms with E-state index in [0.717, 1.165) is 0 Å². The largest absolute Gasteiger partial charge is 0.469 e. The van der Waals surface area contributed by atoms with Crippen molar-refractivity contribution >= 4 is 34.4 Å². The quantitative estimate of drug-likeness (QED) is 0.752. The molecule has 150 valence electrons. The van der Waals surface area contributed by atoms with Gasteiger partial charge >= 0.3 is 12.6 Å². The first-order valence-corrected chi connectivity index (χ1v) is 9.18. The number of nitrogens with zero attached hydrogens (tertiary/aromatic N) is 1. The SMILES string of the molecule is COC(=O)[C@H]1CC[C@H](NC(=O)c2cnc3cc(OC(F)F)c(Cl)cc3c2)CC1. The molecule has 28 heavy (non-hydrogen) atoms. The van der Waals surface area contributed by atoms with Crippen LogP contribution < -0.4 is 10.1 Å². The predicted octanol–water partition coefficient (Wildman–Crippen LogP) is 3.95. The number of hydrogen-bond donors (Lipinski definition) is 1. The van der Waals surface area contributed by atoms with E-state index in [-0.39, 0.29) is 34.6 Å². The second-order valence-electron chi connectivity index (χ2n) is 6.62. The highest BCUT2D eigenvalue weighted by atomic mass is 35.5. The first kappa shape index (κ1) is 20.3. The van der Waals surface area contributed by atoms with Gasteiger partial charge in [-0.2, -0.15) is 8.78 Å². The predicted molar refractivity (Wildman–Crippen MR) is 98.6 cm³/mol. The molecule has 1 saturated carbocycles. The van der Waals surface area contributed by atoms with E-state index in [2.05, 4.69) is 15.0 Å². The first-order valence-electron chi connectivity index (χ1n) is 8.80. The van der Waals surface area contributed by atoms with Gasteiger partial charge in [0.25, 0.3) is 5.91 Å². The van der Waals surface area contributed by atoms with Crippen LogP contribution in [0.4, 0.5) is 8.78 Å². The van der Waals surface area contributed by atoms with Crippen LogP contribution in [0.3, 0.4) is 0 Å². The van der Waals surface area contributed by atoms with Crippen molar-refractivity contribution in [2.45, 2.75) is 38.3 Å². The highest BCUT2D eigenvalue weighted by Crippen LogP contribution is 2.31. The highest BCUT2D eigenvalue weighted by molar-refractivity contribution is 6.32. The number of pyridine rings is 1. The maximum Gasteiger partial charge on any atom is 0.387 e. The van der Waals surface area contributed by atoms with Gasteiger partial charge in [0.15, 0.2) is 0 Å². The minimum absolute atomic E-state index is 0.00768. The summed E-state index contributed by atoms with van der Waals surface area (Å²) in [5.74, 6) is -0.793. The number of hydrogen-bond acceptors (Lipinski definition) is 5. The monoisotopic (exact) mass is 412 g/mol. The van der Waals surface area contributed by atoms with Crippen LogP contribution in [0, 0.1) is 5.92 Å². The van der Waals surface area contributed by atoms with Crippen molar-refractivity contribution in [2.24, 2.45) is 5.92 Å². The Kier molecular flexibility index (Phi) is 6.28. The molecule has 1 aromatic carbocycles. The molecule has 1 aromatic heterocycles. The van der Waals surface area contributed by atoms with Gasteiger partial charge in [-0.1, -0.05) is 11.6 Å². The number of rotatable bonds is 5. The number of aromatic nitrogens is 1. The summed E-state index contributed by atoms with van der Waals surface area (Å²) in [5.41, 5.74) is 0.719. The minimum atomic E-state index is -2.99. The Labute approximate surface area is 165 Å². The number of alkyl halides is 2. The van der Waals surface area contributed by atoms with Crippen LogP contribution in [-0.2, 0) is 9.53 Å². The molecule has 3 rings (SSSR count). The molecule has 1 N–H and O–H groups in total. The van der Waals surface area contributed by atoms with Crippen LogP contribution in [-0.4, -0.2) is 36.6 Å². The number of amides is 1. The van der Waals surface area contributed by atoms with Crippen LogP contribution in [0.5, 0.6) is 5.75 Å². The van der Waals surface area contributed by atoms with Crippen molar-refractivity contribution in [1.29, 1.82) is 0 Å². The van der Waals surface area contributed by atoms with Gasteiger partial charge in [0.05, 0.1) is 29.1 Å². The van der Waals surface area contributed by atoms with Crippen LogP contribution >= 0.6 is 11.6 Å². The van der Waals surface area contributed by atoms with Gasteiger partial charge in [-0.05, 0) is 37.8 Å². The van der Waals surface area contributed by atoms with Gasteiger partial charge in [-0.25, -0.2) is 0 Å². The maximum absolute atomic E-state index is 12.5. The number of ether oxygens (including phenoxy) is 2. The number of carbonyl (C=O) groups excluding carboxylic acids is 2. The average Bonchev–Trinajstić information content (AvgIpc) is 2.67. The number of carbonyl (C=O) groups is 2. The number of methoxy groups -OCH3 is 1. The van der Waals surface area contributed by atoms with Crippen molar-refractivity contribution < 1.29 is 27.8 Å². The van der Waals surface area contributed by atoms with Gasteiger partial charge < -0.3 is 14.8 Å². The fourth-order valence-corrected chi connectivity index (χ4v) is 3.57. The minimum Gasteiger partial charge on any atom is -0.469 e. The molecule has 1 heterocycles. The Morgan fingerprint density at radius 2 is 1.93 bits per heavy atom. The zero-order valence-electron chi connectivity index (χ0n) is 15.1. The van der Waals surface area contributed by atoms with Crippen LogP contribution in [0.25, 0.3) is 10.9 Å². The third-order valence-corrected chi connectivity index (χ3v) is 5.11. The van der Waals surface area contributed by atoms with Crippen molar-refractivity contribution in [3.05, 3.63) is 35.0 Å². The summed E-state index contributed by atoms with van der Waals surface area (Å²) < 4.78 is 33.9. The number of nitrogens with one attached hydrogen (secondary N) is 1. The molecule has 9 heteroatoms. The standard InChI is InChI=1S/C19H19ClF2N2O4/c1-27-18(26)10-2-4-13(5-3-10)24-17(25)12-6-11-7-14(20)16(28-19(21)22)8-15(11)23-9-12/h6-10,13,19H,2-5H2,1H3,(H,24,25)/t10-,13-. The molecule has 0 unspecified atom stereocenters. The van der Waals surface area contributed by atoms with Gasteiger partial charge in [-0.15, -0.1) is 0 Å². The van der Waals surface area contributed by atoms with E-state index >= 15 is 0 Å². The van der Waals surface area contributed by atoms with Gasteiger partial charge in [0.1, 0.15) is 5.75 Å². The molecule has 1 aliphatic rings. The smallest absolute Gasteiger partial charge is 0.387 e. The molecule has 6 nitrogen and oxygen atoms in total. The summed E-state index contributed by atoms with van der Waals surface area (Å²) in [6.45, 7) is -2.99. The van der Waals surface area contributed by atoms with E-state index in [4.69, 9.17) is 16.3 Å². The molecule has 2 aromatic rings. The van der Waals surface area contributed by atoms with E-state index in [1.54, 1.807) is 6.07 Å². The number of esters is 1. The molecule has 1 amide bonds. The third-order valence-electron chi connectivity index (χ3n) is 4.81. The van der Waals surface area contributed by atoms with Crippen molar-refractivity contribution in [3.63, 3.8) is 0 Å². The molecule has 1 fully saturated rings. The summed E-state index contributed by atoms with van der Waals surface area (Å²) in [6, 6.07) is 4.30. The molecule has 0 atom stereocenters. The Morgan fingerprint density at radius 3 is 2.57 bits per heavy atom. The molecule has 0 spiro atoms. The summed E-state index contributed by atoms with van der Waals surface area (Å²) in [5, 5.41) is 3.49. The van der Waals surface area contributed by atoms with Gasteiger partial charge in [0.2, 0.25) is 0 Å².